The van der Waals surface area contributed by atoms with Crippen LogP contribution >= 0.6 is 35.6 Å². The van der Waals surface area contributed by atoms with Crippen LogP contribution in [0.1, 0.15) is 0 Å². The number of primary sulfonamides is 1. The maximum atomic E-state index is 11.3. The number of nitrogens with one attached hydrogen (secondary N) is 3. The average molecular weight is 462 g/mol. The molecule has 2 aromatic carbocycles. The van der Waals surface area contributed by atoms with Crippen LogP contribution in [0.5, 0.6) is 0 Å². The van der Waals surface area contributed by atoms with Crippen molar-refractivity contribution in [2.75, 3.05) is 17.7 Å². The van der Waals surface area contributed by atoms with Crippen LogP contribution in [0.2, 0.25) is 5.02 Å². The summed E-state index contributed by atoms with van der Waals surface area (Å²) in [7, 11) is -4.05. The number of sulfonamides is 1. The summed E-state index contributed by atoms with van der Waals surface area (Å²) in [6, 6.07) is 10.7. The lowest BCUT2D eigenvalue weighted by atomic mass is 10.3. The van der Waals surface area contributed by atoms with E-state index in [0.29, 0.717) is 11.6 Å². The van der Waals surface area contributed by atoms with Crippen LogP contribution in [-0.2, 0) is 10.0 Å². The van der Waals surface area contributed by atoms with Crippen molar-refractivity contribution >= 4 is 62.1 Å². The monoisotopic (exact) mass is 461 g/mol. The lowest BCUT2D eigenvalue weighted by Crippen LogP contribution is -2.39. The summed E-state index contributed by atoms with van der Waals surface area (Å²) in [5.74, 6) is 0.729. The Bertz CT molecular complexity index is 970. The highest BCUT2D eigenvalue weighted by atomic mass is 35.5. The van der Waals surface area contributed by atoms with Gasteiger partial charge in [-0.15, -0.1) is 11.8 Å². The van der Waals surface area contributed by atoms with E-state index in [0.717, 1.165) is 22.8 Å². The number of rotatable bonds is 8. The maximum Gasteiger partial charge on any atom is 0.295 e. The first-order chi connectivity index (χ1) is 13.2. The molecule has 2 rings (SSSR count). The third-order valence-electron chi connectivity index (χ3n) is 3.28. The summed E-state index contributed by atoms with van der Waals surface area (Å²) in [4.78, 5) is 11.1. The first-order valence-corrected chi connectivity index (χ1v) is 11.0. The highest BCUT2D eigenvalue weighted by molar-refractivity contribution is 7.99. The summed E-state index contributed by atoms with van der Waals surface area (Å²) in [5.41, 5.74) is 4.78. The minimum Gasteiger partial charge on any atom is -0.361 e. The van der Waals surface area contributed by atoms with Crippen molar-refractivity contribution in [1.82, 2.24) is 10.7 Å². The first kappa shape index (κ1) is 22.2. The van der Waals surface area contributed by atoms with E-state index >= 15 is 0 Å². The number of nitro groups is 1. The molecule has 0 heterocycles. The van der Waals surface area contributed by atoms with Crippen molar-refractivity contribution in [3.8, 4) is 0 Å². The van der Waals surface area contributed by atoms with Crippen molar-refractivity contribution in [3.05, 3.63) is 57.6 Å². The smallest absolute Gasteiger partial charge is 0.295 e. The predicted molar refractivity (Wildman–Crippen MR) is 114 cm³/mol. The molecule has 0 saturated heterocycles. The Kier molecular flexibility index (Phi) is 7.83. The zero-order valence-corrected chi connectivity index (χ0v) is 17.4. The molecular formula is C15H16ClN5O4S3. The van der Waals surface area contributed by atoms with Crippen molar-refractivity contribution < 1.29 is 13.3 Å². The fraction of sp³-hybridized carbons (Fsp3) is 0.133. The molecule has 13 heteroatoms. The number of nitrogens with zero attached hydrogens (tertiary/aromatic N) is 1. The molecule has 0 aromatic heterocycles. The molecule has 0 saturated carbocycles. The Labute approximate surface area is 176 Å². The standard InChI is InChI=1S/C15H16ClN5O4S3/c16-10-1-3-11(4-2-10)27-8-7-18-15(26)20-19-13-6-5-12(28(17,24)25)9-14(13)21(22)23/h1-6,9,19H,7-8H2,(H2,17,24,25)(H2,18,20,26). The minimum atomic E-state index is -4.05. The molecule has 0 spiro atoms. The van der Waals surface area contributed by atoms with Crippen LogP contribution < -0.4 is 21.3 Å². The number of anilines is 1. The van der Waals surface area contributed by atoms with Crippen molar-refractivity contribution in [3.63, 3.8) is 0 Å². The van der Waals surface area contributed by atoms with Gasteiger partial charge in [-0.2, -0.15) is 0 Å². The molecule has 5 N–H and O–H groups in total. The summed E-state index contributed by atoms with van der Waals surface area (Å²) in [6.45, 7) is 0.549. The normalized spacial score (nSPS) is 10.9. The van der Waals surface area contributed by atoms with Crippen LogP contribution in [0, 0.1) is 10.1 Å². The second kappa shape index (κ2) is 9.89. The van der Waals surface area contributed by atoms with E-state index in [9.17, 15) is 18.5 Å². The summed E-state index contributed by atoms with van der Waals surface area (Å²) >= 11 is 12.5. The van der Waals surface area contributed by atoms with Crippen LogP contribution in [0.4, 0.5) is 11.4 Å². The van der Waals surface area contributed by atoms with Crippen LogP contribution in [0.3, 0.4) is 0 Å². The zero-order valence-electron chi connectivity index (χ0n) is 14.2. The number of thiocarbonyl (C=S) groups is 1. The third kappa shape index (κ3) is 6.80. The lowest BCUT2D eigenvalue weighted by Gasteiger charge is -2.13. The number of thioether (sulfide) groups is 1. The highest BCUT2D eigenvalue weighted by Crippen LogP contribution is 2.26. The zero-order chi connectivity index (χ0) is 20.7. The lowest BCUT2D eigenvalue weighted by molar-refractivity contribution is -0.384. The van der Waals surface area contributed by atoms with Gasteiger partial charge in [-0.1, -0.05) is 11.6 Å². The summed E-state index contributed by atoms with van der Waals surface area (Å²) in [6.07, 6.45) is 0. The topological polar surface area (TPSA) is 139 Å². The molecule has 0 unspecified atom stereocenters. The van der Waals surface area contributed by atoms with Crippen molar-refractivity contribution in [2.24, 2.45) is 5.14 Å². The molecule has 28 heavy (non-hydrogen) atoms. The molecule has 0 amide bonds. The van der Waals surface area contributed by atoms with E-state index < -0.39 is 20.6 Å². The van der Waals surface area contributed by atoms with Gasteiger partial charge in [-0.3, -0.25) is 21.0 Å². The number of nitrogens with two attached hydrogens (primary N) is 1. The fourth-order valence-electron chi connectivity index (χ4n) is 1.98. The van der Waals surface area contributed by atoms with E-state index in [1.165, 1.54) is 6.07 Å². The summed E-state index contributed by atoms with van der Waals surface area (Å²) in [5, 5.41) is 20.0. The maximum absolute atomic E-state index is 11.3. The van der Waals surface area contributed by atoms with E-state index in [1.54, 1.807) is 11.8 Å². The van der Waals surface area contributed by atoms with Gasteiger partial charge in [0.05, 0.1) is 9.82 Å². The Balaban J connectivity index is 1.85. The van der Waals surface area contributed by atoms with Crippen LogP contribution in [0.25, 0.3) is 0 Å². The molecular weight excluding hydrogens is 446 g/mol. The van der Waals surface area contributed by atoms with Gasteiger partial charge in [0.1, 0.15) is 5.69 Å². The molecule has 9 nitrogen and oxygen atoms in total. The van der Waals surface area contributed by atoms with E-state index in [-0.39, 0.29) is 15.7 Å². The van der Waals surface area contributed by atoms with Crippen LogP contribution in [-0.4, -0.2) is 30.8 Å². The van der Waals surface area contributed by atoms with Gasteiger partial charge in [0.2, 0.25) is 10.0 Å². The SMILES string of the molecule is NS(=O)(=O)c1ccc(NNC(=S)NCCSc2ccc(Cl)cc2)c([N+](=O)[O-])c1. The average Bonchev–Trinajstić information content (AvgIpc) is 2.64. The number of hydrogen-bond acceptors (Lipinski definition) is 7. The van der Waals surface area contributed by atoms with E-state index in [4.69, 9.17) is 29.0 Å². The number of hydrazine groups is 1. The number of hydrogen-bond donors (Lipinski definition) is 4. The second-order valence-corrected chi connectivity index (χ2v) is 8.86. The quantitative estimate of drug-likeness (QED) is 0.153. The van der Waals surface area contributed by atoms with Gasteiger partial charge >= 0.3 is 0 Å². The molecule has 2 aromatic rings. The van der Waals surface area contributed by atoms with Gasteiger partial charge < -0.3 is 5.32 Å². The Morgan fingerprint density at radius 3 is 2.54 bits per heavy atom. The third-order valence-corrected chi connectivity index (χ3v) is 5.70. The molecule has 0 aliphatic rings. The number of halogens is 1. The Morgan fingerprint density at radius 1 is 1.25 bits per heavy atom. The molecule has 0 bridgehead atoms. The van der Waals surface area contributed by atoms with Crippen molar-refractivity contribution in [1.29, 1.82) is 0 Å². The van der Waals surface area contributed by atoms with E-state index in [1.807, 2.05) is 24.3 Å². The second-order valence-electron chi connectivity index (χ2n) is 5.29. The Morgan fingerprint density at radius 2 is 1.93 bits per heavy atom. The van der Waals surface area contributed by atoms with Gasteiger partial charge in [0.25, 0.3) is 5.69 Å². The molecule has 0 atom stereocenters. The summed E-state index contributed by atoms with van der Waals surface area (Å²) < 4.78 is 22.7. The molecule has 150 valence electrons. The molecule has 0 aliphatic heterocycles. The highest BCUT2D eigenvalue weighted by Gasteiger charge is 2.19. The van der Waals surface area contributed by atoms with E-state index in [2.05, 4.69) is 16.2 Å². The predicted octanol–water partition coefficient (Wildman–Crippen LogP) is 2.48. The van der Waals surface area contributed by atoms with Gasteiger partial charge in [-0.05, 0) is 48.6 Å². The number of nitro benzene ring substituents is 1. The van der Waals surface area contributed by atoms with Crippen molar-refractivity contribution in [2.45, 2.75) is 9.79 Å². The van der Waals surface area contributed by atoms with Gasteiger partial charge in [0.15, 0.2) is 5.11 Å². The first-order valence-electron chi connectivity index (χ1n) is 7.66. The van der Waals surface area contributed by atoms with Gasteiger partial charge in [0, 0.05) is 28.3 Å². The minimum absolute atomic E-state index is 0.0390. The molecule has 0 fully saturated rings. The Hall–Kier alpha value is -2.12. The van der Waals surface area contributed by atoms with Crippen LogP contribution in [0.15, 0.2) is 52.3 Å². The largest absolute Gasteiger partial charge is 0.361 e. The molecule has 0 aliphatic carbocycles. The fourth-order valence-corrected chi connectivity index (χ4v) is 3.56. The molecule has 0 radical (unpaired) electrons. The van der Waals surface area contributed by atoms with Gasteiger partial charge in [-0.25, -0.2) is 13.6 Å². The number of benzene rings is 2.